The van der Waals surface area contributed by atoms with Crippen LogP contribution in [0.4, 0.5) is 14.5 Å². The van der Waals surface area contributed by atoms with Crippen LogP contribution < -0.4 is 10.6 Å². The van der Waals surface area contributed by atoms with Crippen molar-refractivity contribution in [3.8, 4) is 0 Å². The van der Waals surface area contributed by atoms with Crippen LogP contribution in [-0.4, -0.2) is 43.0 Å². The minimum Gasteiger partial charge on any atom is -0.366 e. The topological polar surface area (TPSA) is 49.6 Å². The second-order valence-corrected chi connectivity index (χ2v) is 4.92. The zero-order chi connectivity index (χ0) is 14.7. The number of nitrogens with two attached hydrogens (primary N) is 1. The van der Waals surface area contributed by atoms with E-state index in [9.17, 15) is 13.6 Å². The predicted octanol–water partition coefficient (Wildman–Crippen LogP) is 1.35. The van der Waals surface area contributed by atoms with E-state index in [1.807, 2.05) is 6.92 Å². The first-order chi connectivity index (χ1) is 9.52. The number of hydrogen-bond acceptors (Lipinski definition) is 3. The summed E-state index contributed by atoms with van der Waals surface area (Å²) in [4.78, 5) is 15.4. The maximum absolute atomic E-state index is 13.7. The predicted molar refractivity (Wildman–Crippen MR) is 73.4 cm³/mol. The molecule has 0 bridgehead atoms. The van der Waals surface area contributed by atoms with Gasteiger partial charge in [0, 0.05) is 32.2 Å². The summed E-state index contributed by atoms with van der Waals surface area (Å²) in [6.45, 7) is 3.76. The second kappa shape index (κ2) is 6.17. The van der Waals surface area contributed by atoms with Crippen LogP contribution in [-0.2, 0) is 4.79 Å². The largest absolute Gasteiger partial charge is 0.366 e. The van der Waals surface area contributed by atoms with Crippen LogP contribution >= 0.6 is 0 Å². The molecule has 1 amide bonds. The Morgan fingerprint density at radius 3 is 2.55 bits per heavy atom. The number of amides is 1. The molecule has 1 aliphatic rings. The van der Waals surface area contributed by atoms with Gasteiger partial charge in [-0.15, -0.1) is 0 Å². The van der Waals surface area contributed by atoms with Crippen molar-refractivity contribution >= 4 is 11.6 Å². The Bertz CT molecular complexity index is 487. The highest BCUT2D eigenvalue weighted by Gasteiger charge is 2.25. The zero-order valence-corrected chi connectivity index (χ0v) is 11.5. The monoisotopic (exact) mass is 283 g/mol. The van der Waals surface area contributed by atoms with Crippen molar-refractivity contribution in [2.45, 2.75) is 19.4 Å². The summed E-state index contributed by atoms with van der Waals surface area (Å²) in [5, 5.41) is 0. The van der Waals surface area contributed by atoms with Gasteiger partial charge < -0.3 is 15.5 Å². The summed E-state index contributed by atoms with van der Waals surface area (Å²) in [5.74, 6) is -0.990. The minimum atomic E-state index is -0.479. The first-order valence-electron chi connectivity index (χ1n) is 6.77. The van der Waals surface area contributed by atoms with Gasteiger partial charge in [0.25, 0.3) is 0 Å². The van der Waals surface area contributed by atoms with Crippen molar-refractivity contribution in [2.75, 3.05) is 31.1 Å². The highest BCUT2D eigenvalue weighted by atomic mass is 19.1. The Balaban J connectivity index is 2.01. The molecule has 0 spiro atoms. The molecule has 1 fully saturated rings. The van der Waals surface area contributed by atoms with Crippen LogP contribution in [0.2, 0.25) is 0 Å². The van der Waals surface area contributed by atoms with Crippen molar-refractivity contribution in [2.24, 2.45) is 5.73 Å². The van der Waals surface area contributed by atoms with Gasteiger partial charge in [0.1, 0.15) is 11.6 Å². The van der Waals surface area contributed by atoms with Gasteiger partial charge in [-0.3, -0.25) is 4.79 Å². The molecule has 0 radical (unpaired) electrons. The Morgan fingerprint density at radius 1 is 1.30 bits per heavy atom. The summed E-state index contributed by atoms with van der Waals surface area (Å²) in [5.41, 5.74) is 5.97. The average Bonchev–Trinajstić information content (AvgIpc) is 2.48. The molecule has 1 saturated heterocycles. The van der Waals surface area contributed by atoms with Crippen molar-refractivity contribution in [1.82, 2.24) is 4.90 Å². The number of benzene rings is 1. The van der Waals surface area contributed by atoms with Crippen LogP contribution in [0.15, 0.2) is 18.2 Å². The minimum absolute atomic E-state index is 0.0770. The number of carbonyl (C=O) groups excluding carboxylic acids is 1. The molecule has 1 unspecified atom stereocenters. The third-order valence-electron chi connectivity index (χ3n) is 3.60. The van der Waals surface area contributed by atoms with Crippen LogP contribution in [0.5, 0.6) is 0 Å². The lowest BCUT2D eigenvalue weighted by Gasteiger charge is -2.37. The highest BCUT2D eigenvalue weighted by molar-refractivity contribution is 5.81. The number of anilines is 1. The SMILES string of the molecule is CCC(N)C(=O)N1CCN(c2cc(F)ccc2F)CC1. The molecule has 6 heteroatoms. The van der Waals surface area contributed by atoms with Crippen molar-refractivity contribution < 1.29 is 13.6 Å². The van der Waals surface area contributed by atoms with Gasteiger partial charge in [-0.1, -0.05) is 6.92 Å². The Morgan fingerprint density at radius 2 is 1.95 bits per heavy atom. The number of rotatable bonds is 3. The first kappa shape index (κ1) is 14.7. The van der Waals surface area contributed by atoms with Gasteiger partial charge in [-0.2, -0.15) is 0 Å². The molecule has 4 nitrogen and oxygen atoms in total. The molecule has 0 saturated carbocycles. The normalized spacial score (nSPS) is 17.2. The fraction of sp³-hybridized carbons (Fsp3) is 0.500. The van der Waals surface area contributed by atoms with Gasteiger partial charge in [-0.05, 0) is 18.6 Å². The van der Waals surface area contributed by atoms with E-state index in [4.69, 9.17) is 5.73 Å². The Hall–Kier alpha value is -1.69. The lowest BCUT2D eigenvalue weighted by molar-refractivity contribution is -0.132. The summed E-state index contributed by atoms with van der Waals surface area (Å²) < 4.78 is 26.9. The average molecular weight is 283 g/mol. The van der Waals surface area contributed by atoms with E-state index >= 15 is 0 Å². The molecule has 2 N–H and O–H groups in total. The van der Waals surface area contributed by atoms with Gasteiger partial charge in [0.15, 0.2) is 0 Å². The lowest BCUT2D eigenvalue weighted by atomic mass is 10.2. The molecule has 20 heavy (non-hydrogen) atoms. The lowest BCUT2D eigenvalue weighted by Crippen LogP contribution is -2.53. The second-order valence-electron chi connectivity index (χ2n) is 4.92. The molecule has 110 valence electrons. The molecule has 1 aromatic carbocycles. The molecule has 1 aliphatic heterocycles. The molecule has 1 atom stereocenters. The quantitative estimate of drug-likeness (QED) is 0.911. The molecular weight excluding hydrogens is 264 g/mol. The van der Waals surface area contributed by atoms with E-state index in [-0.39, 0.29) is 11.6 Å². The number of hydrogen-bond donors (Lipinski definition) is 1. The number of nitrogens with zero attached hydrogens (tertiary/aromatic N) is 2. The van der Waals surface area contributed by atoms with Crippen molar-refractivity contribution in [3.05, 3.63) is 29.8 Å². The van der Waals surface area contributed by atoms with Gasteiger partial charge in [0.2, 0.25) is 5.91 Å². The van der Waals surface area contributed by atoms with Gasteiger partial charge in [-0.25, -0.2) is 8.78 Å². The van der Waals surface area contributed by atoms with Crippen LogP contribution in [0.25, 0.3) is 0 Å². The summed E-state index contributed by atoms with van der Waals surface area (Å²) in [6, 6.07) is 2.92. The zero-order valence-electron chi connectivity index (χ0n) is 11.5. The number of carbonyl (C=O) groups is 1. The van der Waals surface area contributed by atoms with Crippen molar-refractivity contribution in [1.29, 1.82) is 0 Å². The third kappa shape index (κ3) is 3.07. The fourth-order valence-corrected chi connectivity index (χ4v) is 2.31. The fourth-order valence-electron chi connectivity index (χ4n) is 2.31. The molecule has 1 heterocycles. The number of piperazine rings is 1. The van der Waals surface area contributed by atoms with Crippen LogP contribution in [0, 0.1) is 11.6 Å². The molecule has 0 aliphatic carbocycles. The summed E-state index contributed by atoms with van der Waals surface area (Å²) in [6.07, 6.45) is 0.595. The smallest absolute Gasteiger partial charge is 0.239 e. The Kier molecular flexibility index (Phi) is 4.54. The Labute approximate surface area is 117 Å². The van der Waals surface area contributed by atoms with E-state index in [1.54, 1.807) is 9.80 Å². The van der Waals surface area contributed by atoms with E-state index in [2.05, 4.69) is 0 Å². The van der Waals surface area contributed by atoms with Gasteiger partial charge in [0.05, 0.1) is 11.7 Å². The van der Waals surface area contributed by atoms with E-state index < -0.39 is 17.7 Å². The van der Waals surface area contributed by atoms with E-state index in [0.29, 0.717) is 32.6 Å². The maximum atomic E-state index is 13.7. The summed E-state index contributed by atoms with van der Waals surface area (Å²) >= 11 is 0. The third-order valence-corrected chi connectivity index (χ3v) is 3.60. The highest BCUT2D eigenvalue weighted by Crippen LogP contribution is 2.22. The molecular formula is C14H19F2N3O. The van der Waals surface area contributed by atoms with Crippen LogP contribution in [0.3, 0.4) is 0 Å². The molecule has 1 aromatic rings. The molecule has 0 aromatic heterocycles. The van der Waals surface area contributed by atoms with E-state index in [0.717, 1.165) is 12.1 Å². The standard InChI is InChI=1S/C14H19F2N3O/c1-2-12(17)14(20)19-7-5-18(6-8-19)13-9-10(15)3-4-11(13)16/h3-4,9,12H,2,5-8,17H2,1H3. The van der Waals surface area contributed by atoms with Crippen LogP contribution in [0.1, 0.15) is 13.3 Å². The maximum Gasteiger partial charge on any atom is 0.239 e. The van der Waals surface area contributed by atoms with E-state index in [1.165, 1.54) is 6.07 Å². The van der Waals surface area contributed by atoms with Crippen molar-refractivity contribution in [3.63, 3.8) is 0 Å². The van der Waals surface area contributed by atoms with Gasteiger partial charge >= 0.3 is 0 Å². The molecule has 2 rings (SSSR count). The first-order valence-corrected chi connectivity index (χ1v) is 6.77. The summed E-state index contributed by atoms with van der Waals surface area (Å²) in [7, 11) is 0. The number of halogens is 2.